The van der Waals surface area contributed by atoms with Gasteiger partial charge in [-0.05, 0) is 52.9 Å². The van der Waals surface area contributed by atoms with Crippen LogP contribution in [0.3, 0.4) is 0 Å². The van der Waals surface area contributed by atoms with Crippen LogP contribution in [-0.4, -0.2) is 5.11 Å². The van der Waals surface area contributed by atoms with Crippen LogP contribution in [0.4, 0.5) is 0 Å². The van der Waals surface area contributed by atoms with E-state index in [9.17, 15) is 5.11 Å². The van der Waals surface area contributed by atoms with Gasteiger partial charge in [0.2, 0.25) is 0 Å². The number of aliphatic hydroxyl groups is 1. The molecule has 0 radical (unpaired) electrons. The summed E-state index contributed by atoms with van der Waals surface area (Å²) in [5.74, 6) is 0. The molecule has 0 saturated carbocycles. The van der Waals surface area contributed by atoms with Gasteiger partial charge in [-0.15, -0.1) is 0 Å². The van der Waals surface area contributed by atoms with Gasteiger partial charge in [0.05, 0.1) is 6.10 Å². The van der Waals surface area contributed by atoms with Crippen molar-refractivity contribution in [1.82, 2.24) is 0 Å². The van der Waals surface area contributed by atoms with Gasteiger partial charge in [-0.25, -0.2) is 0 Å². The molecule has 0 aliphatic carbocycles. The van der Waals surface area contributed by atoms with Gasteiger partial charge in [0.15, 0.2) is 0 Å². The molecule has 1 unspecified atom stereocenters. The summed E-state index contributed by atoms with van der Waals surface area (Å²) < 4.78 is 0.927. The highest BCUT2D eigenvalue weighted by atomic mass is 79.9. The SMILES string of the molecule is OC(CCc1ccsc1)c1ccc(Br)cc1Cl. The van der Waals surface area contributed by atoms with E-state index in [1.165, 1.54) is 5.56 Å². The molecule has 0 saturated heterocycles. The van der Waals surface area contributed by atoms with Gasteiger partial charge in [0.1, 0.15) is 0 Å². The Morgan fingerprint density at radius 3 is 2.82 bits per heavy atom. The van der Waals surface area contributed by atoms with Gasteiger partial charge in [0, 0.05) is 9.50 Å². The van der Waals surface area contributed by atoms with Crippen molar-refractivity contribution in [3.8, 4) is 0 Å². The molecule has 1 atom stereocenters. The molecule has 0 aliphatic rings. The number of benzene rings is 1. The number of aryl methyl sites for hydroxylation is 1. The lowest BCUT2D eigenvalue weighted by Crippen LogP contribution is -2.00. The minimum Gasteiger partial charge on any atom is -0.388 e. The second kappa shape index (κ2) is 6.01. The molecular formula is C13H12BrClOS. The minimum absolute atomic E-state index is 0.504. The molecule has 2 rings (SSSR count). The third kappa shape index (κ3) is 3.55. The Labute approximate surface area is 118 Å². The van der Waals surface area contributed by atoms with Crippen LogP contribution in [0, 0.1) is 0 Å². The van der Waals surface area contributed by atoms with E-state index in [1.807, 2.05) is 23.6 Å². The van der Waals surface area contributed by atoms with Crippen LogP contribution < -0.4 is 0 Å². The smallest absolute Gasteiger partial charge is 0.0807 e. The summed E-state index contributed by atoms with van der Waals surface area (Å²) in [5, 5.41) is 14.9. The fourth-order valence-corrected chi connectivity index (χ4v) is 3.17. The summed E-state index contributed by atoms with van der Waals surface area (Å²) in [7, 11) is 0. The van der Waals surface area contributed by atoms with Crippen molar-refractivity contribution in [2.24, 2.45) is 0 Å². The third-order valence-electron chi connectivity index (χ3n) is 2.61. The van der Waals surface area contributed by atoms with E-state index in [4.69, 9.17) is 11.6 Å². The van der Waals surface area contributed by atoms with Crippen molar-refractivity contribution < 1.29 is 5.11 Å². The number of hydrogen-bond acceptors (Lipinski definition) is 2. The highest BCUT2D eigenvalue weighted by Crippen LogP contribution is 2.29. The fourth-order valence-electron chi connectivity index (χ4n) is 1.67. The van der Waals surface area contributed by atoms with Gasteiger partial charge in [-0.1, -0.05) is 33.6 Å². The predicted molar refractivity (Wildman–Crippen MR) is 76.8 cm³/mol. The summed E-state index contributed by atoms with van der Waals surface area (Å²) >= 11 is 11.1. The van der Waals surface area contributed by atoms with Crippen LogP contribution in [0.15, 0.2) is 39.5 Å². The van der Waals surface area contributed by atoms with Crippen molar-refractivity contribution in [2.45, 2.75) is 18.9 Å². The summed E-state index contributed by atoms with van der Waals surface area (Å²) in [6.45, 7) is 0. The van der Waals surface area contributed by atoms with Crippen molar-refractivity contribution in [3.05, 3.63) is 55.6 Å². The number of aliphatic hydroxyl groups excluding tert-OH is 1. The number of rotatable bonds is 4. The van der Waals surface area contributed by atoms with Crippen molar-refractivity contribution in [1.29, 1.82) is 0 Å². The van der Waals surface area contributed by atoms with E-state index in [0.29, 0.717) is 11.4 Å². The molecule has 0 spiro atoms. The Morgan fingerprint density at radius 1 is 1.35 bits per heavy atom. The number of thiophene rings is 1. The van der Waals surface area contributed by atoms with Gasteiger partial charge in [-0.3, -0.25) is 0 Å². The zero-order chi connectivity index (χ0) is 12.3. The first kappa shape index (κ1) is 13.1. The van der Waals surface area contributed by atoms with E-state index >= 15 is 0 Å². The minimum atomic E-state index is -0.504. The number of hydrogen-bond donors (Lipinski definition) is 1. The molecule has 1 nitrogen and oxygen atoms in total. The zero-order valence-corrected chi connectivity index (χ0v) is 12.2. The molecule has 1 aromatic heterocycles. The molecule has 4 heteroatoms. The van der Waals surface area contributed by atoms with Crippen molar-refractivity contribution in [2.75, 3.05) is 0 Å². The summed E-state index contributed by atoms with van der Waals surface area (Å²) in [4.78, 5) is 0. The predicted octanol–water partition coefficient (Wildman–Crippen LogP) is 4.83. The van der Waals surface area contributed by atoms with E-state index < -0.39 is 6.10 Å². The van der Waals surface area contributed by atoms with E-state index in [0.717, 1.165) is 16.5 Å². The molecular weight excluding hydrogens is 320 g/mol. The fraction of sp³-hybridized carbons (Fsp3) is 0.231. The normalized spacial score (nSPS) is 12.6. The van der Waals surface area contributed by atoms with E-state index in [-0.39, 0.29) is 0 Å². The highest BCUT2D eigenvalue weighted by molar-refractivity contribution is 9.10. The Hall–Kier alpha value is -0.350. The second-order valence-corrected chi connectivity index (χ2v) is 5.95. The van der Waals surface area contributed by atoms with Crippen LogP contribution in [-0.2, 0) is 6.42 Å². The molecule has 1 heterocycles. The average Bonchev–Trinajstić information content (AvgIpc) is 2.78. The monoisotopic (exact) mass is 330 g/mol. The lowest BCUT2D eigenvalue weighted by Gasteiger charge is -2.12. The molecule has 0 amide bonds. The standard InChI is InChI=1S/C13H12BrClOS/c14-10-2-3-11(12(15)7-10)13(16)4-1-9-5-6-17-8-9/h2-3,5-8,13,16H,1,4H2. The van der Waals surface area contributed by atoms with Crippen molar-refractivity contribution >= 4 is 38.9 Å². The topological polar surface area (TPSA) is 20.2 Å². The van der Waals surface area contributed by atoms with Crippen LogP contribution in [0.2, 0.25) is 5.02 Å². The molecule has 0 fully saturated rings. The first-order valence-electron chi connectivity index (χ1n) is 5.31. The molecule has 1 aromatic carbocycles. The Morgan fingerprint density at radius 2 is 2.18 bits per heavy atom. The maximum absolute atomic E-state index is 10.1. The maximum atomic E-state index is 10.1. The lowest BCUT2D eigenvalue weighted by atomic mass is 10.0. The maximum Gasteiger partial charge on any atom is 0.0807 e. The van der Waals surface area contributed by atoms with Crippen LogP contribution in [0.1, 0.15) is 23.7 Å². The summed E-state index contributed by atoms with van der Waals surface area (Å²) in [5.41, 5.74) is 2.06. The summed E-state index contributed by atoms with van der Waals surface area (Å²) in [6.07, 6.45) is 1.06. The zero-order valence-electron chi connectivity index (χ0n) is 9.07. The lowest BCUT2D eigenvalue weighted by molar-refractivity contribution is 0.168. The quantitative estimate of drug-likeness (QED) is 0.850. The molecule has 0 bridgehead atoms. The third-order valence-corrected chi connectivity index (χ3v) is 4.16. The van der Waals surface area contributed by atoms with Gasteiger partial charge >= 0.3 is 0 Å². The van der Waals surface area contributed by atoms with Gasteiger partial charge in [0.25, 0.3) is 0 Å². The molecule has 2 aromatic rings. The van der Waals surface area contributed by atoms with Crippen LogP contribution in [0.5, 0.6) is 0 Å². The number of halogens is 2. The first-order chi connectivity index (χ1) is 8.16. The van der Waals surface area contributed by atoms with Crippen LogP contribution >= 0.6 is 38.9 Å². The molecule has 0 aliphatic heterocycles. The van der Waals surface area contributed by atoms with Gasteiger partial charge in [-0.2, -0.15) is 11.3 Å². The van der Waals surface area contributed by atoms with Crippen LogP contribution in [0.25, 0.3) is 0 Å². The Bertz CT molecular complexity index is 484. The first-order valence-corrected chi connectivity index (χ1v) is 7.42. The Balaban J connectivity index is 2.01. The molecule has 17 heavy (non-hydrogen) atoms. The molecule has 90 valence electrons. The Kier molecular flexibility index (Phi) is 4.62. The summed E-state index contributed by atoms with van der Waals surface area (Å²) in [6, 6.07) is 7.66. The largest absolute Gasteiger partial charge is 0.388 e. The second-order valence-electron chi connectivity index (χ2n) is 3.85. The van der Waals surface area contributed by atoms with E-state index in [1.54, 1.807) is 11.3 Å². The average molecular weight is 332 g/mol. The van der Waals surface area contributed by atoms with E-state index in [2.05, 4.69) is 27.4 Å². The van der Waals surface area contributed by atoms with Crippen molar-refractivity contribution in [3.63, 3.8) is 0 Å². The van der Waals surface area contributed by atoms with Gasteiger partial charge < -0.3 is 5.11 Å². The molecule has 1 N–H and O–H groups in total. The highest BCUT2D eigenvalue weighted by Gasteiger charge is 2.11.